The van der Waals surface area contributed by atoms with Crippen LogP contribution in [0.25, 0.3) is 0 Å². The first-order valence-corrected chi connectivity index (χ1v) is 8.25. The Morgan fingerprint density at radius 3 is 1.54 bits per heavy atom. The first-order chi connectivity index (χ1) is 11.4. The minimum Gasteiger partial charge on any atom is -0.506 e. The summed E-state index contributed by atoms with van der Waals surface area (Å²) in [5, 5.41) is 19.8. The van der Waals surface area contributed by atoms with Crippen molar-refractivity contribution in [3.63, 3.8) is 0 Å². The minimum absolute atomic E-state index is 0.215. The molecule has 0 heterocycles. The minimum atomic E-state index is -0.567. The lowest BCUT2D eigenvalue weighted by Gasteiger charge is -2.36. The van der Waals surface area contributed by atoms with Gasteiger partial charge in [-0.2, -0.15) is 0 Å². The monoisotopic (exact) mass is 362 g/mol. The van der Waals surface area contributed by atoms with Gasteiger partial charge in [-0.05, 0) is 24.0 Å². The standard InChI is InChI=1S/C18H12Cl2O4/c19-13-14(20)18(24)12-11(17(13)23)15(21)9-5-7-3-1-2-4-8(7)6-10(9)16(12)22/h1-4,9-10,23-24H,5-6H2/t9-,10-/m0/s1. The number of Topliss-reactive ketones (excluding diaryl/α,β-unsaturated/α-hetero) is 2. The fourth-order valence-corrected chi connectivity index (χ4v) is 4.15. The highest BCUT2D eigenvalue weighted by atomic mass is 35.5. The molecule has 0 unspecified atom stereocenters. The third-order valence-corrected chi connectivity index (χ3v) is 5.81. The molecule has 4 nitrogen and oxygen atoms in total. The molecular weight excluding hydrogens is 351 g/mol. The molecule has 0 bridgehead atoms. The van der Waals surface area contributed by atoms with Crippen LogP contribution in [0.2, 0.25) is 10.0 Å². The highest BCUT2D eigenvalue weighted by Crippen LogP contribution is 2.50. The van der Waals surface area contributed by atoms with Gasteiger partial charge in [-0.3, -0.25) is 9.59 Å². The third kappa shape index (κ3) is 1.93. The van der Waals surface area contributed by atoms with E-state index < -0.39 is 23.3 Å². The smallest absolute Gasteiger partial charge is 0.171 e. The Morgan fingerprint density at radius 2 is 1.17 bits per heavy atom. The molecule has 0 spiro atoms. The second-order valence-corrected chi connectivity index (χ2v) is 6.95. The molecule has 2 N–H and O–H groups in total. The van der Waals surface area contributed by atoms with Crippen LogP contribution in [0.15, 0.2) is 24.3 Å². The van der Waals surface area contributed by atoms with Gasteiger partial charge >= 0.3 is 0 Å². The summed E-state index contributed by atoms with van der Waals surface area (Å²) in [5.74, 6) is -2.97. The zero-order valence-corrected chi connectivity index (χ0v) is 13.9. The topological polar surface area (TPSA) is 74.6 Å². The second-order valence-electron chi connectivity index (χ2n) is 6.19. The molecule has 4 rings (SSSR count). The van der Waals surface area contributed by atoms with Gasteiger partial charge in [0.15, 0.2) is 11.6 Å². The summed E-state index contributed by atoms with van der Waals surface area (Å²) < 4.78 is 0. The summed E-state index contributed by atoms with van der Waals surface area (Å²) in [7, 11) is 0. The van der Waals surface area contributed by atoms with Crippen LogP contribution in [0.1, 0.15) is 31.8 Å². The van der Waals surface area contributed by atoms with Crippen molar-refractivity contribution in [1.82, 2.24) is 0 Å². The molecule has 0 aliphatic heterocycles. The molecule has 2 atom stereocenters. The molecule has 2 aromatic carbocycles. The Balaban J connectivity index is 1.93. The van der Waals surface area contributed by atoms with Crippen LogP contribution in [0.3, 0.4) is 0 Å². The van der Waals surface area contributed by atoms with Crippen LogP contribution in [-0.4, -0.2) is 21.8 Å². The summed E-state index contributed by atoms with van der Waals surface area (Å²) in [4.78, 5) is 25.8. The zero-order valence-electron chi connectivity index (χ0n) is 12.3. The molecule has 0 aromatic heterocycles. The predicted octanol–water partition coefficient (Wildman–Crippen LogP) is 3.81. The van der Waals surface area contributed by atoms with Gasteiger partial charge in [0.1, 0.15) is 21.5 Å². The van der Waals surface area contributed by atoms with Crippen molar-refractivity contribution in [3.05, 3.63) is 56.6 Å². The number of benzene rings is 2. The van der Waals surface area contributed by atoms with E-state index in [1.54, 1.807) is 0 Å². The van der Waals surface area contributed by atoms with Crippen molar-refractivity contribution in [2.24, 2.45) is 11.8 Å². The number of hydrogen-bond donors (Lipinski definition) is 2. The highest BCUT2D eigenvalue weighted by molar-refractivity contribution is 6.45. The average molecular weight is 363 g/mol. The van der Waals surface area contributed by atoms with Crippen LogP contribution in [-0.2, 0) is 12.8 Å². The van der Waals surface area contributed by atoms with Gasteiger partial charge in [0.05, 0.1) is 11.1 Å². The predicted molar refractivity (Wildman–Crippen MR) is 89.3 cm³/mol. The molecule has 2 aliphatic carbocycles. The number of ketones is 2. The average Bonchev–Trinajstić information content (AvgIpc) is 2.59. The van der Waals surface area contributed by atoms with E-state index in [-0.39, 0.29) is 32.7 Å². The highest BCUT2D eigenvalue weighted by Gasteiger charge is 2.47. The lowest BCUT2D eigenvalue weighted by atomic mass is 9.65. The molecule has 6 heteroatoms. The van der Waals surface area contributed by atoms with Crippen LogP contribution in [0.5, 0.6) is 11.5 Å². The van der Waals surface area contributed by atoms with Crippen molar-refractivity contribution in [2.75, 3.05) is 0 Å². The SMILES string of the molecule is O=C1c2c(O)c(Cl)c(Cl)c(O)c2C(=O)[C@H]2Cc3ccccc3C[C@H]12. The number of rotatable bonds is 0. The molecule has 0 saturated carbocycles. The molecule has 0 fully saturated rings. The van der Waals surface area contributed by atoms with Crippen LogP contribution in [0, 0.1) is 11.8 Å². The molecule has 122 valence electrons. The van der Waals surface area contributed by atoms with Crippen LogP contribution < -0.4 is 0 Å². The number of hydrogen-bond acceptors (Lipinski definition) is 4. The quantitative estimate of drug-likeness (QED) is 0.698. The Bertz CT molecular complexity index is 846. The second kappa shape index (κ2) is 5.23. The molecule has 24 heavy (non-hydrogen) atoms. The molecular formula is C18H12Cl2O4. The summed E-state index contributed by atoms with van der Waals surface area (Å²) >= 11 is 11.8. The summed E-state index contributed by atoms with van der Waals surface area (Å²) in [6, 6.07) is 7.65. The normalized spacial score (nSPS) is 21.9. The van der Waals surface area contributed by atoms with Crippen molar-refractivity contribution >= 4 is 34.8 Å². The third-order valence-electron chi connectivity index (χ3n) is 4.98. The lowest BCUT2D eigenvalue weighted by molar-refractivity contribution is 0.0715. The summed E-state index contributed by atoms with van der Waals surface area (Å²) in [5.41, 5.74) is 1.61. The van der Waals surface area contributed by atoms with E-state index in [4.69, 9.17) is 23.2 Å². The van der Waals surface area contributed by atoms with Gasteiger partial charge < -0.3 is 10.2 Å². The van der Waals surface area contributed by atoms with Gasteiger partial charge in [-0.15, -0.1) is 0 Å². The molecule has 0 amide bonds. The van der Waals surface area contributed by atoms with E-state index in [1.807, 2.05) is 24.3 Å². The summed E-state index contributed by atoms with van der Waals surface area (Å²) in [6.07, 6.45) is 0.844. The van der Waals surface area contributed by atoms with Crippen LogP contribution >= 0.6 is 23.2 Å². The zero-order chi connectivity index (χ0) is 17.2. The number of carbonyl (C=O) groups excluding carboxylic acids is 2. The van der Waals surface area contributed by atoms with Gasteiger partial charge in [0.2, 0.25) is 0 Å². The first kappa shape index (κ1) is 15.5. The Morgan fingerprint density at radius 1 is 0.792 bits per heavy atom. The Hall–Kier alpha value is -2.04. The fourth-order valence-electron chi connectivity index (χ4n) is 3.78. The van der Waals surface area contributed by atoms with Crippen molar-refractivity contribution < 1.29 is 19.8 Å². The molecule has 0 radical (unpaired) electrons. The molecule has 2 aromatic rings. The van der Waals surface area contributed by atoms with E-state index >= 15 is 0 Å². The lowest BCUT2D eigenvalue weighted by Crippen LogP contribution is -2.41. The van der Waals surface area contributed by atoms with Crippen molar-refractivity contribution in [1.29, 1.82) is 0 Å². The maximum absolute atomic E-state index is 12.9. The molecule has 0 saturated heterocycles. The molecule has 2 aliphatic rings. The van der Waals surface area contributed by atoms with E-state index in [2.05, 4.69) is 0 Å². The van der Waals surface area contributed by atoms with Crippen molar-refractivity contribution in [2.45, 2.75) is 12.8 Å². The number of fused-ring (bicyclic) bond motifs is 3. The largest absolute Gasteiger partial charge is 0.506 e. The Kier molecular flexibility index (Phi) is 3.37. The van der Waals surface area contributed by atoms with E-state index in [9.17, 15) is 19.8 Å². The maximum atomic E-state index is 12.9. The van der Waals surface area contributed by atoms with Gasteiger partial charge in [0, 0.05) is 11.8 Å². The maximum Gasteiger partial charge on any atom is 0.171 e. The van der Waals surface area contributed by atoms with E-state index in [1.165, 1.54) is 0 Å². The number of carbonyl (C=O) groups is 2. The summed E-state index contributed by atoms with van der Waals surface area (Å²) in [6.45, 7) is 0. The van der Waals surface area contributed by atoms with Gasteiger partial charge in [-0.25, -0.2) is 0 Å². The number of phenolic OH excluding ortho intramolecular Hbond substituents is 2. The number of aromatic hydroxyl groups is 2. The van der Waals surface area contributed by atoms with Gasteiger partial charge in [0.25, 0.3) is 0 Å². The Labute approximate surface area is 147 Å². The fraction of sp³-hybridized carbons (Fsp3) is 0.222. The van der Waals surface area contributed by atoms with Crippen LogP contribution in [0.4, 0.5) is 0 Å². The van der Waals surface area contributed by atoms with Crippen molar-refractivity contribution in [3.8, 4) is 11.5 Å². The number of phenols is 2. The first-order valence-electron chi connectivity index (χ1n) is 7.50. The van der Waals surface area contributed by atoms with E-state index in [0.29, 0.717) is 12.8 Å². The number of halogens is 2. The van der Waals surface area contributed by atoms with E-state index in [0.717, 1.165) is 11.1 Å². The van der Waals surface area contributed by atoms with Gasteiger partial charge in [-0.1, -0.05) is 47.5 Å².